The molecule has 0 atom stereocenters. The molecule has 0 aliphatic rings. The van der Waals surface area contributed by atoms with Gasteiger partial charge in [0.05, 0.1) is 5.56 Å². The summed E-state index contributed by atoms with van der Waals surface area (Å²) < 4.78 is 5.13. The molecular formula is C22H27N3O4S. The number of rotatable bonds is 7. The molecular weight excluding hydrogens is 402 g/mol. The number of benzene rings is 2. The Morgan fingerprint density at radius 2 is 1.63 bits per heavy atom. The van der Waals surface area contributed by atoms with Crippen LogP contribution in [0.15, 0.2) is 53.4 Å². The summed E-state index contributed by atoms with van der Waals surface area (Å²) in [6.45, 7) is 5.70. The molecule has 3 N–H and O–H groups in total. The fourth-order valence-electron chi connectivity index (χ4n) is 2.54. The number of carbonyl (C=O) groups is 3. The lowest BCUT2D eigenvalue weighted by Crippen LogP contribution is -2.34. The van der Waals surface area contributed by atoms with Gasteiger partial charge in [-0.15, -0.1) is 12.6 Å². The highest BCUT2D eigenvalue weighted by atomic mass is 32.1. The molecule has 0 fully saturated rings. The maximum Gasteiger partial charge on any atom is 0.407 e. The van der Waals surface area contributed by atoms with Gasteiger partial charge >= 0.3 is 6.09 Å². The fraction of sp³-hybridized carbons (Fsp3) is 0.318. The van der Waals surface area contributed by atoms with Crippen LogP contribution in [0.5, 0.6) is 0 Å². The molecule has 2 rings (SSSR count). The first-order chi connectivity index (χ1) is 14.2. The molecule has 0 radical (unpaired) electrons. The van der Waals surface area contributed by atoms with E-state index in [9.17, 15) is 14.4 Å². The van der Waals surface area contributed by atoms with Gasteiger partial charge < -0.3 is 20.7 Å². The molecule has 160 valence electrons. The SMILES string of the molecule is CC(C)(C)OC(=O)NCCC(=O)Nc1ccccc1CNC(=O)c1ccccc1S. The summed E-state index contributed by atoms with van der Waals surface area (Å²) in [5, 5.41) is 8.19. The Morgan fingerprint density at radius 3 is 2.33 bits per heavy atom. The molecule has 0 unspecified atom stereocenters. The van der Waals surface area contributed by atoms with Crippen molar-refractivity contribution in [3.63, 3.8) is 0 Å². The zero-order valence-corrected chi connectivity index (χ0v) is 18.2. The summed E-state index contributed by atoms with van der Waals surface area (Å²) in [6.07, 6.45) is -0.477. The summed E-state index contributed by atoms with van der Waals surface area (Å²) in [5.74, 6) is -0.506. The first-order valence-corrected chi connectivity index (χ1v) is 10.0. The van der Waals surface area contributed by atoms with Crippen LogP contribution >= 0.6 is 12.6 Å². The molecule has 2 aromatic rings. The average molecular weight is 430 g/mol. The predicted octanol–water partition coefficient (Wildman–Crippen LogP) is 3.76. The van der Waals surface area contributed by atoms with Crippen molar-refractivity contribution >= 4 is 36.2 Å². The molecule has 0 bridgehead atoms. The highest BCUT2D eigenvalue weighted by Gasteiger charge is 2.16. The Labute approximate surface area is 182 Å². The minimum atomic E-state index is -0.594. The smallest absolute Gasteiger partial charge is 0.407 e. The zero-order chi connectivity index (χ0) is 22.1. The number of hydrogen-bond acceptors (Lipinski definition) is 5. The van der Waals surface area contributed by atoms with Crippen molar-refractivity contribution in [3.05, 3.63) is 59.7 Å². The van der Waals surface area contributed by atoms with Gasteiger partial charge in [-0.2, -0.15) is 0 Å². The number of carbonyl (C=O) groups excluding carboxylic acids is 3. The summed E-state index contributed by atoms with van der Waals surface area (Å²) in [4.78, 5) is 36.8. The van der Waals surface area contributed by atoms with Crippen LogP contribution in [0.4, 0.5) is 10.5 Å². The third-order valence-corrected chi connectivity index (χ3v) is 4.29. The van der Waals surface area contributed by atoms with Gasteiger partial charge in [-0.1, -0.05) is 30.3 Å². The molecule has 7 nitrogen and oxygen atoms in total. The van der Waals surface area contributed by atoms with Crippen LogP contribution in [0.3, 0.4) is 0 Å². The normalized spacial score (nSPS) is 10.8. The highest BCUT2D eigenvalue weighted by Crippen LogP contribution is 2.17. The van der Waals surface area contributed by atoms with E-state index in [1.54, 1.807) is 51.1 Å². The number of anilines is 1. The van der Waals surface area contributed by atoms with E-state index in [1.165, 1.54) is 0 Å². The number of ether oxygens (including phenoxy) is 1. The van der Waals surface area contributed by atoms with Crippen molar-refractivity contribution < 1.29 is 19.1 Å². The number of amides is 3. The number of alkyl carbamates (subject to hydrolysis) is 1. The van der Waals surface area contributed by atoms with Gasteiger partial charge in [0.1, 0.15) is 5.60 Å². The Hall–Kier alpha value is -3.00. The molecule has 2 aromatic carbocycles. The Morgan fingerprint density at radius 1 is 0.967 bits per heavy atom. The van der Waals surface area contributed by atoms with Gasteiger partial charge in [0.25, 0.3) is 5.91 Å². The molecule has 8 heteroatoms. The molecule has 3 amide bonds. The van der Waals surface area contributed by atoms with Crippen molar-refractivity contribution in [1.82, 2.24) is 10.6 Å². The van der Waals surface area contributed by atoms with Crippen molar-refractivity contribution in [2.75, 3.05) is 11.9 Å². The Balaban J connectivity index is 1.87. The van der Waals surface area contributed by atoms with Gasteiger partial charge in [0.15, 0.2) is 0 Å². The average Bonchev–Trinajstić information content (AvgIpc) is 2.66. The molecule has 0 aliphatic carbocycles. The van der Waals surface area contributed by atoms with E-state index >= 15 is 0 Å². The first-order valence-electron chi connectivity index (χ1n) is 9.56. The fourth-order valence-corrected chi connectivity index (χ4v) is 2.80. The summed E-state index contributed by atoms with van der Waals surface area (Å²) in [6, 6.07) is 14.2. The molecule has 0 aromatic heterocycles. The second kappa shape index (κ2) is 10.7. The number of thiol groups is 1. The minimum absolute atomic E-state index is 0.0902. The quantitative estimate of drug-likeness (QED) is 0.504. The van der Waals surface area contributed by atoms with E-state index in [0.717, 1.165) is 5.56 Å². The van der Waals surface area contributed by atoms with Gasteiger partial charge in [-0.25, -0.2) is 4.79 Å². The molecule has 0 heterocycles. The second-order valence-electron chi connectivity index (χ2n) is 7.58. The zero-order valence-electron chi connectivity index (χ0n) is 17.3. The minimum Gasteiger partial charge on any atom is -0.444 e. The number of para-hydroxylation sites is 1. The van der Waals surface area contributed by atoms with Crippen molar-refractivity contribution in [1.29, 1.82) is 0 Å². The highest BCUT2D eigenvalue weighted by molar-refractivity contribution is 7.80. The lowest BCUT2D eigenvalue weighted by Gasteiger charge is -2.19. The van der Waals surface area contributed by atoms with E-state index in [0.29, 0.717) is 16.1 Å². The maximum absolute atomic E-state index is 12.4. The lowest BCUT2D eigenvalue weighted by molar-refractivity contribution is -0.116. The van der Waals surface area contributed by atoms with Crippen LogP contribution in [-0.4, -0.2) is 30.1 Å². The van der Waals surface area contributed by atoms with Gasteiger partial charge in [-0.05, 0) is 44.5 Å². The van der Waals surface area contributed by atoms with E-state index in [1.807, 2.05) is 18.2 Å². The van der Waals surface area contributed by atoms with E-state index < -0.39 is 11.7 Å². The number of nitrogens with one attached hydrogen (secondary N) is 3. The third-order valence-electron chi connectivity index (χ3n) is 3.90. The standard InChI is InChI=1S/C22H27N3O4S/c1-22(2,3)29-21(28)23-13-12-19(26)25-17-10-6-4-8-15(17)14-24-20(27)16-9-5-7-11-18(16)30/h4-11,30H,12-14H2,1-3H3,(H,23,28)(H,24,27)(H,25,26). The summed E-state index contributed by atoms with van der Waals surface area (Å²) in [5.41, 5.74) is 1.24. The molecule has 0 saturated heterocycles. The molecule has 30 heavy (non-hydrogen) atoms. The van der Waals surface area contributed by atoms with Crippen molar-refractivity contribution in [3.8, 4) is 0 Å². The van der Waals surface area contributed by atoms with Crippen LogP contribution in [0.1, 0.15) is 43.1 Å². The van der Waals surface area contributed by atoms with E-state index in [2.05, 4.69) is 28.6 Å². The van der Waals surface area contributed by atoms with E-state index in [-0.39, 0.29) is 31.3 Å². The van der Waals surface area contributed by atoms with Crippen LogP contribution < -0.4 is 16.0 Å². The monoisotopic (exact) mass is 429 g/mol. The summed E-state index contributed by atoms with van der Waals surface area (Å²) in [7, 11) is 0. The maximum atomic E-state index is 12.4. The summed E-state index contributed by atoms with van der Waals surface area (Å²) >= 11 is 4.30. The van der Waals surface area contributed by atoms with Crippen molar-refractivity contribution in [2.24, 2.45) is 0 Å². The lowest BCUT2D eigenvalue weighted by atomic mass is 10.1. The van der Waals surface area contributed by atoms with Crippen LogP contribution in [0.25, 0.3) is 0 Å². The molecule has 0 aliphatic heterocycles. The molecule has 0 spiro atoms. The predicted molar refractivity (Wildman–Crippen MR) is 119 cm³/mol. The third kappa shape index (κ3) is 7.79. The Kier molecular flexibility index (Phi) is 8.29. The number of hydrogen-bond donors (Lipinski definition) is 4. The second-order valence-corrected chi connectivity index (χ2v) is 8.07. The molecule has 0 saturated carbocycles. The Bertz CT molecular complexity index is 909. The van der Waals surface area contributed by atoms with Gasteiger partial charge in [0.2, 0.25) is 5.91 Å². The van der Waals surface area contributed by atoms with Crippen LogP contribution in [-0.2, 0) is 16.1 Å². The van der Waals surface area contributed by atoms with Crippen LogP contribution in [0, 0.1) is 0 Å². The van der Waals surface area contributed by atoms with Crippen molar-refractivity contribution in [2.45, 2.75) is 44.2 Å². The topological polar surface area (TPSA) is 96.5 Å². The first kappa shape index (κ1) is 23.3. The van der Waals surface area contributed by atoms with Gasteiger partial charge in [-0.3, -0.25) is 9.59 Å². The van der Waals surface area contributed by atoms with Crippen LogP contribution in [0.2, 0.25) is 0 Å². The van der Waals surface area contributed by atoms with E-state index in [4.69, 9.17) is 4.74 Å². The largest absolute Gasteiger partial charge is 0.444 e. The van der Waals surface area contributed by atoms with Gasteiger partial charge in [0, 0.05) is 30.1 Å².